The van der Waals surface area contributed by atoms with Gasteiger partial charge in [0.05, 0.1) is 14.2 Å². The summed E-state index contributed by atoms with van der Waals surface area (Å²) in [4.78, 5) is 14.6. The van der Waals surface area contributed by atoms with E-state index in [1.165, 1.54) is 7.11 Å². The Balaban J connectivity index is 2.36. The van der Waals surface area contributed by atoms with Crippen LogP contribution in [0.15, 0.2) is 30.3 Å². The zero-order valence-corrected chi connectivity index (χ0v) is 10.6. The summed E-state index contributed by atoms with van der Waals surface area (Å²) in [6.45, 7) is 1.87. The summed E-state index contributed by atoms with van der Waals surface area (Å²) >= 11 is 0. The second kappa shape index (κ2) is 4.96. The number of carbonyl (C=O) groups excluding carboxylic acids is 1. The number of benzene rings is 1. The van der Waals surface area contributed by atoms with E-state index in [0.29, 0.717) is 5.69 Å². The van der Waals surface area contributed by atoms with Crippen molar-refractivity contribution in [3.05, 3.63) is 41.6 Å². The largest absolute Gasteiger partial charge is 0.497 e. The van der Waals surface area contributed by atoms with Gasteiger partial charge in [-0.15, -0.1) is 0 Å². The molecule has 0 bridgehead atoms. The van der Waals surface area contributed by atoms with E-state index in [0.717, 1.165) is 22.6 Å². The number of carbonyl (C=O) groups is 1. The molecule has 0 atom stereocenters. The van der Waals surface area contributed by atoms with Crippen LogP contribution in [0, 0.1) is 6.92 Å². The first-order valence-electron chi connectivity index (χ1n) is 5.58. The molecule has 0 aliphatic heterocycles. The van der Waals surface area contributed by atoms with Crippen molar-refractivity contribution in [3.8, 4) is 17.0 Å². The normalized spacial score (nSPS) is 10.2. The van der Waals surface area contributed by atoms with Crippen molar-refractivity contribution in [2.24, 2.45) is 0 Å². The summed E-state index contributed by atoms with van der Waals surface area (Å²) in [5, 5.41) is 0. The van der Waals surface area contributed by atoms with Gasteiger partial charge >= 0.3 is 5.97 Å². The van der Waals surface area contributed by atoms with Gasteiger partial charge in [0, 0.05) is 5.69 Å². The van der Waals surface area contributed by atoms with E-state index >= 15 is 0 Å². The Morgan fingerprint density at radius 2 is 1.83 bits per heavy atom. The van der Waals surface area contributed by atoms with Crippen LogP contribution in [0.25, 0.3) is 11.3 Å². The van der Waals surface area contributed by atoms with Gasteiger partial charge in [-0.25, -0.2) is 4.79 Å². The van der Waals surface area contributed by atoms with E-state index in [9.17, 15) is 4.79 Å². The van der Waals surface area contributed by atoms with Crippen molar-refractivity contribution >= 4 is 5.97 Å². The van der Waals surface area contributed by atoms with Gasteiger partial charge in [0.2, 0.25) is 0 Å². The second-order valence-electron chi connectivity index (χ2n) is 3.96. The molecule has 2 aromatic rings. The van der Waals surface area contributed by atoms with Crippen LogP contribution in [0.3, 0.4) is 0 Å². The van der Waals surface area contributed by atoms with Crippen molar-refractivity contribution in [1.82, 2.24) is 4.98 Å². The molecule has 18 heavy (non-hydrogen) atoms. The molecule has 94 valence electrons. The van der Waals surface area contributed by atoms with Gasteiger partial charge in [0.25, 0.3) is 0 Å². The van der Waals surface area contributed by atoms with Crippen LogP contribution in [-0.4, -0.2) is 25.2 Å². The number of ether oxygens (including phenoxy) is 2. The SMILES string of the molecule is COC(=O)c1[nH]c(-c2ccc(OC)cc2)cc1C. The third kappa shape index (κ3) is 2.22. The number of esters is 1. The second-order valence-corrected chi connectivity index (χ2v) is 3.96. The number of aromatic nitrogens is 1. The molecule has 0 saturated heterocycles. The Morgan fingerprint density at radius 1 is 1.17 bits per heavy atom. The van der Waals surface area contributed by atoms with Crippen molar-refractivity contribution < 1.29 is 14.3 Å². The lowest BCUT2D eigenvalue weighted by Crippen LogP contribution is -2.03. The van der Waals surface area contributed by atoms with E-state index in [1.807, 2.05) is 37.3 Å². The number of aromatic amines is 1. The maximum atomic E-state index is 11.5. The Morgan fingerprint density at radius 3 is 2.39 bits per heavy atom. The van der Waals surface area contributed by atoms with E-state index < -0.39 is 0 Å². The van der Waals surface area contributed by atoms with Crippen molar-refractivity contribution in [3.63, 3.8) is 0 Å². The zero-order valence-electron chi connectivity index (χ0n) is 10.6. The lowest BCUT2D eigenvalue weighted by atomic mass is 10.1. The average molecular weight is 245 g/mol. The topological polar surface area (TPSA) is 51.3 Å². The maximum absolute atomic E-state index is 11.5. The molecule has 4 nitrogen and oxygen atoms in total. The highest BCUT2D eigenvalue weighted by molar-refractivity contribution is 5.90. The van der Waals surface area contributed by atoms with Gasteiger partial charge in [-0.05, 0) is 48.4 Å². The van der Waals surface area contributed by atoms with E-state index in [2.05, 4.69) is 4.98 Å². The number of methoxy groups -OCH3 is 2. The Hall–Kier alpha value is -2.23. The molecule has 4 heteroatoms. The third-order valence-electron chi connectivity index (χ3n) is 2.81. The van der Waals surface area contributed by atoms with Crippen molar-refractivity contribution in [2.45, 2.75) is 6.92 Å². The molecule has 1 aromatic heterocycles. The Labute approximate surface area is 106 Å². The van der Waals surface area contributed by atoms with E-state index in [1.54, 1.807) is 7.11 Å². The fraction of sp³-hybridized carbons (Fsp3) is 0.214. The van der Waals surface area contributed by atoms with Gasteiger partial charge in [-0.1, -0.05) is 0 Å². The molecule has 0 unspecified atom stereocenters. The average Bonchev–Trinajstić information content (AvgIpc) is 2.80. The zero-order chi connectivity index (χ0) is 13.1. The summed E-state index contributed by atoms with van der Waals surface area (Å²) in [6.07, 6.45) is 0. The molecule has 1 heterocycles. The van der Waals surface area contributed by atoms with Crippen LogP contribution in [0.2, 0.25) is 0 Å². The molecule has 0 saturated carbocycles. The molecule has 0 amide bonds. The quantitative estimate of drug-likeness (QED) is 0.846. The van der Waals surface area contributed by atoms with Gasteiger partial charge in [0.1, 0.15) is 11.4 Å². The molecule has 2 rings (SSSR count). The molecule has 0 aliphatic carbocycles. The lowest BCUT2D eigenvalue weighted by Gasteiger charge is -2.01. The Bertz CT molecular complexity index is 555. The van der Waals surface area contributed by atoms with E-state index in [-0.39, 0.29) is 5.97 Å². The molecule has 1 N–H and O–H groups in total. The van der Waals surface area contributed by atoms with Gasteiger partial charge in [-0.2, -0.15) is 0 Å². The summed E-state index contributed by atoms with van der Waals surface area (Å²) < 4.78 is 9.82. The van der Waals surface area contributed by atoms with Crippen molar-refractivity contribution in [1.29, 1.82) is 0 Å². The number of hydrogen-bond donors (Lipinski definition) is 1. The predicted molar refractivity (Wildman–Crippen MR) is 68.9 cm³/mol. The molecule has 0 spiro atoms. The van der Waals surface area contributed by atoms with Gasteiger partial charge in [0.15, 0.2) is 0 Å². The highest BCUT2D eigenvalue weighted by Gasteiger charge is 2.13. The van der Waals surface area contributed by atoms with Crippen LogP contribution in [0.1, 0.15) is 16.1 Å². The Kier molecular flexibility index (Phi) is 3.37. The lowest BCUT2D eigenvalue weighted by molar-refractivity contribution is 0.0594. The highest BCUT2D eigenvalue weighted by atomic mass is 16.5. The first-order chi connectivity index (χ1) is 8.65. The molecule has 1 aromatic carbocycles. The number of H-pyrrole nitrogens is 1. The van der Waals surface area contributed by atoms with Gasteiger partial charge < -0.3 is 14.5 Å². The minimum absolute atomic E-state index is 0.354. The summed E-state index contributed by atoms with van der Waals surface area (Å²) in [5.41, 5.74) is 3.24. The predicted octanol–water partition coefficient (Wildman–Crippen LogP) is 2.79. The number of nitrogens with one attached hydrogen (secondary N) is 1. The fourth-order valence-corrected chi connectivity index (χ4v) is 1.80. The molecule has 0 aliphatic rings. The molecular weight excluding hydrogens is 230 g/mol. The molecule has 0 radical (unpaired) electrons. The number of aryl methyl sites for hydroxylation is 1. The smallest absolute Gasteiger partial charge is 0.354 e. The van der Waals surface area contributed by atoms with Crippen LogP contribution in [0.5, 0.6) is 5.75 Å². The van der Waals surface area contributed by atoms with Crippen LogP contribution in [-0.2, 0) is 4.74 Å². The minimum Gasteiger partial charge on any atom is -0.497 e. The minimum atomic E-state index is -0.354. The summed E-state index contributed by atoms with van der Waals surface area (Å²) in [7, 11) is 3.00. The summed E-state index contributed by atoms with van der Waals surface area (Å²) in [5.74, 6) is 0.447. The summed E-state index contributed by atoms with van der Waals surface area (Å²) in [6, 6.07) is 9.55. The van der Waals surface area contributed by atoms with E-state index in [4.69, 9.17) is 9.47 Å². The molecule has 0 fully saturated rings. The fourth-order valence-electron chi connectivity index (χ4n) is 1.80. The molecular formula is C14H15NO3. The number of hydrogen-bond acceptors (Lipinski definition) is 3. The first-order valence-corrected chi connectivity index (χ1v) is 5.58. The van der Waals surface area contributed by atoms with Crippen LogP contribution >= 0.6 is 0 Å². The van der Waals surface area contributed by atoms with Crippen LogP contribution < -0.4 is 4.74 Å². The van der Waals surface area contributed by atoms with Gasteiger partial charge in [-0.3, -0.25) is 0 Å². The maximum Gasteiger partial charge on any atom is 0.354 e. The first kappa shape index (κ1) is 12.2. The number of rotatable bonds is 3. The highest BCUT2D eigenvalue weighted by Crippen LogP contribution is 2.24. The van der Waals surface area contributed by atoms with Crippen LogP contribution in [0.4, 0.5) is 0 Å². The monoisotopic (exact) mass is 245 g/mol. The van der Waals surface area contributed by atoms with Crippen molar-refractivity contribution in [2.75, 3.05) is 14.2 Å². The standard InChI is InChI=1S/C14H15NO3/c1-9-8-12(15-13(9)14(16)18-3)10-4-6-11(17-2)7-5-10/h4-8,15H,1-3H3. The third-order valence-corrected chi connectivity index (χ3v) is 2.81.